The highest BCUT2D eigenvalue weighted by Crippen LogP contribution is 2.66. The first-order chi connectivity index (χ1) is 33.6. The molecule has 13 aromatic rings. The number of hydrogen-bond acceptors (Lipinski definition) is 0. The summed E-state index contributed by atoms with van der Waals surface area (Å²) in [5, 5.41) is 10.3. The maximum absolute atomic E-state index is 3.91. The first kappa shape index (κ1) is 36.7. The highest BCUT2D eigenvalue weighted by atomic mass is 14.7. The molecular formula is C66H42N2. The highest BCUT2D eigenvalue weighted by Gasteiger charge is 2.54. The van der Waals surface area contributed by atoms with Gasteiger partial charge in [-0.3, -0.25) is 0 Å². The Hall–Kier alpha value is -8.46. The van der Waals surface area contributed by atoms with E-state index in [9.17, 15) is 0 Å². The highest BCUT2D eigenvalue weighted by molar-refractivity contribution is 6.14. The van der Waals surface area contributed by atoms with Crippen LogP contribution < -0.4 is 0 Å². The molecule has 3 aliphatic rings. The largest absolute Gasteiger partial charge is 0.355 e. The van der Waals surface area contributed by atoms with Crippen molar-refractivity contribution < 1.29 is 0 Å². The maximum atomic E-state index is 3.91. The zero-order valence-electron chi connectivity index (χ0n) is 37.4. The van der Waals surface area contributed by atoms with Gasteiger partial charge in [0, 0.05) is 49.0 Å². The third kappa shape index (κ3) is 4.53. The Labute approximate surface area is 393 Å². The first-order valence-corrected chi connectivity index (χ1v) is 24.0. The van der Waals surface area contributed by atoms with Gasteiger partial charge in [0.2, 0.25) is 0 Å². The van der Waals surface area contributed by atoms with Crippen molar-refractivity contribution in [3.05, 3.63) is 251 Å². The van der Waals surface area contributed by atoms with Crippen LogP contribution in [-0.4, -0.2) is 9.97 Å². The average molecular weight is 863 g/mol. The summed E-state index contributed by atoms with van der Waals surface area (Å²) in [6.45, 7) is 2.54. The Balaban J connectivity index is 1.01. The van der Waals surface area contributed by atoms with Gasteiger partial charge in [0.05, 0.1) is 5.41 Å². The minimum atomic E-state index is -0.521. The van der Waals surface area contributed by atoms with Crippen LogP contribution in [0.3, 0.4) is 0 Å². The summed E-state index contributed by atoms with van der Waals surface area (Å²) in [6.07, 6.45) is 0.822. The SMILES string of the molecule is CC1(Cc2cc3ccccc3c3c2-c2cc4c(cc2C32c3ccccc3-c3ccccc32)[nH]c2ccccc24)c2cc3[nH]c4ccc(-c5ccccc5)cc4c3cc2-c2ccc3ccccc3c21. The van der Waals surface area contributed by atoms with E-state index in [2.05, 4.69) is 229 Å². The molecule has 1 atom stereocenters. The molecule has 2 N–H and O–H groups in total. The van der Waals surface area contributed by atoms with Crippen LogP contribution >= 0.6 is 0 Å². The summed E-state index contributed by atoms with van der Waals surface area (Å²) in [5.74, 6) is 0. The summed E-state index contributed by atoms with van der Waals surface area (Å²) in [7, 11) is 0. The van der Waals surface area contributed by atoms with E-state index in [4.69, 9.17) is 0 Å². The summed E-state index contributed by atoms with van der Waals surface area (Å²) < 4.78 is 0. The maximum Gasteiger partial charge on any atom is 0.0732 e. The second-order valence-electron chi connectivity index (χ2n) is 19.9. The Kier molecular flexibility index (Phi) is 6.97. The molecule has 316 valence electrons. The van der Waals surface area contributed by atoms with Crippen molar-refractivity contribution in [2.45, 2.75) is 24.2 Å². The molecule has 1 spiro atoms. The number of H-pyrrole nitrogens is 2. The molecule has 0 saturated carbocycles. The fourth-order valence-electron chi connectivity index (χ4n) is 13.8. The molecule has 3 aliphatic carbocycles. The van der Waals surface area contributed by atoms with Gasteiger partial charge in [-0.05, 0) is 154 Å². The standard InChI is InChI=1S/C66H42N2/c1-65(56-35-60-52(33-49(56)48-29-27-39-17-5-7-19-43(39)63(48)65)50-32-40(28-30-59(50)68-60)38-15-3-2-4-16-38)37-42-31-41-18-6-8-20-44(41)64-62(42)53-34-51-47-23-11-14-26-58(47)67-61(51)36-57(53)66(64)54-24-12-9-21-45(54)46-22-10-13-25-55(46)66/h2-36,67-68H,37H2,1H3. The van der Waals surface area contributed by atoms with Gasteiger partial charge >= 0.3 is 0 Å². The quantitative estimate of drug-likeness (QED) is 0.177. The van der Waals surface area contributed by atoms with Crippen LogP contribution in [0, 0.1) is 0 Å². The van der Waals surface area contributed by atoms with Gasteiger partial charge in [-0.25, -0.2) is 0 Å². The lowest BCUT2D eigenvalue weighted by molar-refractivity contribution is 0.589. The monoisotopic (exact) mass is 862 g/mol. The number of nitrogens with one attached hydrogen (secondary N) is 2. The Morgan fingerprint density at radius 2 is 0.926 bits per heavy atom. The molecule has 0 fully saturated rings. The molecule has 11 aromatic carbocycles. The molecule has 1 unspecified atom stereocenters. The molecule has 2 heteroatoms. The van der Waals surface area contributed by atoms with Gasteiger partial charge in [-0.15, -0.1) is 0 Å². The zero-order chi connectivity index (χ0) is 44.5. The Bertz CT molecular complexity index is 4330. The molecule has 2 aromatic heterocycles. The van der Waals surface area contributed by atoms with Crippen LogP contribution in [-0.2, 0) is 17.3 Å². The van der Waals surface area contributed by atoms with Crippen molar-refractivity contribution in [1.82, 2.24) is 9.97 Å². The van der Waals surface area contributed by atoms with E-state index in [1.807, 2.05) is 0 Å². The second-order valence-corrected chi connectivity index (χ2v) is 19.9. The average Bonchev–Trinajstić information content (AvgIpc) is 4.16. The van der Waals surface area contributed by atoms with Crippen LogP contribution in [0.2, 0.25) is 0 Å². The predicted octanol–water partition coefficient (Wildman–Crippen LogP) is 16.8. The molecule has 0 bridgehead atoms. The van der Waals surface area contributed by atoms with E-state index in [0.717, 1.165) is 6.42 Å². The summed E-state index contributed by atoms with van der Waals surface area (Å²) in [6, 6.07) is 80.6. The molecular weight excluding hydrogens is 821 g/mol. The second kappa shape index (κ2) is 12.9. The van der Waals surface area contributed by atoms with E-state index < -0.39 is 5.41 Å². The van der Waals surface area contributed by atoms with Crippen LogP contribution in [0.1, 0.15) is 45.9 Å². The first-order valence-electron chi connectivity index (χ1n) is 24.0. The predicted molar refractivity (Wildman–Crippen MR) is 284 cm³/mol. The van der Waals surface area contributed by atoms with Crippen molar-refractivity contribution >= 4 is 65.2 Å². The fraction of sp³-hybridized carbons (Fsp3) is 0.0606. The van der Waals surface area contributed by atoms with Crippen LogP contribution in [0.25, 0.3) is 110 Å². The Morgan fingerprint density at radius 3 is 1.71 bits per heavy atom. The molecule has 0 radical (unpaired) electrons. The van der Waals surface area contributed by atoms with Crippen molar-refractivity contribution in [2.75, 3.05) is 0 Å². The number of aromatic nitrogens is 2. The summed E-state index contributed by atoms with van der Waals surface area (Å²) in [5.41, 5.74) is 24.0. The molecule has 2 nitrogen and oxygen atoms in total. The smallest absolute Gasteiger partial charge is 0.0732 e. The van der Waals surface area contributed by atoms with E-state index in [1.54, 1.807) is 0 Å². The number of hydrogen-bond donors (Lipinski definition) is 2. The molecule has 0 aliphatic heterocycles. The number of aromatic amines is 2. The minimum absolute atomic E-state index is 0.380. The van der Waals surface area contributed by atoms with Crippen LogP contribution in [0.15, 0.2) is 212 Å². The van der Waals surface area contributed by atoms with Crippen molar-refractivity contribution in [1.29, 1.82) is 0 Å². The van der Waals surface area contributed by atoms with Gasteiger partial charge < -0.3 is 9.97 Å². The van der Waals surface area contributed by atoms with Gasteiger partial charge in [0.15, 0.2) is 0 Å². The molecule has 2 heterocycles. The van der Waals surface area contributed by atoms with E-state index in [-0.39, 0.29) is 5.41 Å². The van der Waals surface area contributed by atoms with E-state index >= 15 is 0 Å². The lowest BCUT2D eigenvalue weighted by Crippen LogP contribution is -2.27. The van der Waals surface area contributed by atoms with Gasteiger partial charge in [0.25, 0.3) is 0 Å². The van der Waals surface area contributed by atoms with Crippen LogP contribution in [0.5, 0.6) is 0 Å². The topological polar surface area (TPSA) is 31.6 Å². The minimum Gasteiger partial charge on any atom is -0.355 e. The van der Waals surface area contributed by atoms with Crippen molar-refractivity contribution in [2.24, 2.45) is 0 Å². The fourth-order valence-corrected chi connectivity index (χ4v) is 13.8. The molecule has 16 rings (SSSR count). The lowest BCUT2D eigenvalue weighted by atomic mass is 9.68. The number of fused-ring (bicyclic) bond motifs is 23. The summed E-state index contributed by atoms with van der Waals surface area (Å²) >= 11 is 0. The molecule has 68 heavy (non-hydrogen) atoms. The van der Waals surface area contributed by atoms with E-state index in [0.29, 0.717) is 0 Å². The molecule has 0 amide bonds. The normalized spacial score (nSPS) is 16.0. The number of rotatable bonds is 3. The van der Waals surface area contributed by atoms with Gasteiger partial charge in [-0.2, -0.15) is 0 Å². The number of benzene rings is 11. The molecule has 0 saturated heterocycles. The third-order valence-corrected chi connectivity index (χ3v) is 16.5. The zero-order valence-corrected chi connectivity index (χ0v) is 37.4. The third-order valence-electron chi connectivity index (χ3n) is 16.5. The Morgan fingerprint density at radius 1 is 0.338 bits per heavy atom. The van der Waals surface area contributed by atoms with Gasteiger partial charge in [0.1, 0.15) is 0 Å². The van der Waals surface area contributed by atoms with Crippen LogP contribution in [0.4, 0.5) is 0 Å². The van der Waals surface area contributed by atoms with Gasteiger partial charge in [-0.1, -0.05) is 177 Å². The lowest BCUT2D eigenvalue weighted by Gasteiger charge is -2.33. The van der Waals surface area contributed by atoms with Crippen molar-refractivity contribution in [3.63, 3.8) is 0 Å². The summed E-state index contributed by atoms with van der Waals surface area (Å²) in [4.78, 5) is 7.79. The van der Waals surface area contributed by atoms with E-state index in [1.165, 1.54) is 149 Å². The van der Waals surface area contributed by atoms with Crippen molar-refractivity contribution in [3.8, 4) is 44.5 Å². The number of para-hydroxylation sites is 1.